The van der Waals surface area contributed by atoms with Gasteiger partial charge in [-0.15, -0.1) is 0 Å². The molecule has 1 unspecified atom stereocenters. The molecule has 1 atom stereocenters. The predicted molar refractivity (Wildman–Crippen MR) is 64.2 cm³/mol. The van der Waals surface area contributed by atoms with Crippen molar-refractivity contribution in [1.29, 1.82) is 0 Å². The Labute approximate surface area is 94.7 Å². The summed E-state index contributed by atoms with van der Waals surface area (Å²) >= 11 is 0. The molecule has 1 aromatic carbocycles. The van der Waals surface area contributed by atoms with E-state index in [4.69, 9.17) is 5.73 Å². The minimum absolute atomic E-state index is 0.0512. The standard InChI is InChI=1S/C13H14N2O/c14-9-12-8-11(6-7-15-13(12)16)10-4-2-1-3-5-10/h1-8,12H,9,14H2,(H,15,16). The molecule has 0 aliphatic carbocycles. The van der Waals surface area contributed by atoms with E-state index < -0.39 is 0 Å². The first-order valence-corrected chi connectivity index (χ1v) is 5.25. The number of hydrogen-bond donors (Lipinski definition) is 2. The summed E-state index contributed by atoms with van der Waals surface area (Å²) in [6.07, 6.45) is 5.47. The van der Waals surface area contributed by atoms with Crippen molar-refractivity contribution in [3.8, 4) is 0 Å². The van der Waals surface area contributed by atoms with Crippen LogP contribution in [0.1, 0.15) is 5.56 Å². The van der Waals surface area contributed by atoms with Crippen LogP contribution in [-0.2, 0) is 4.79 Å². The molecule has 2 rings (SSSR count). The third-order valence-corrected chi connectivity index (χ3v) is 2.57. The number of amides is 1. The lowest BCUT2D eigenvalue weighted by Crippen LogP contribution is -2.29. The van der Waals surface area contributed by atoms with Gasteiger partial charge in [-0.1, -0.05) is 36.4 Å². The van der Waals surface area contributed by atoms with Gasteiger partial charge in [-0.25, -0.2) is 0 Å². The van der Waals surface area contributed by atoms with Gasteiger partial charge in [-0.2, -0.15) is 0 Å². The second kappa shape index (κ2) is 4.77. The first-order chi connectivity index (χ1) is 7.81. The normalized spacial score (nSPS) is 19.9. The van der Waals surface area contributed by atoms with Gasteiger partial charge in [0.15, 0.2) is 0 Å². The van der Waals surface area contributed by atoms with Gasteiger partial charge in [0, 0.05) is 12.7 Å². The van der Waals surface area contributed by atoms with Crippen molar-refractivity contribution in [2.24, 2.45) is 11.7 Å². The average molecular weight is 214 g/mol. The van der Waals surface area contributed by atoms with Gasteiger partial charge in [0.2, 0.25) is 5.91 Å². The Bertz CT molecular complexity index is 435. The Balaban J connectivity index is 2.36. The summed E-state index contributed by atoms with van der Waals surface area (Å²) in [5, 5.41) is 2.69. The van der Waals surface area contributed by atoms with E-state index in [0.717, 1.165) is 11.1 Å². The lowest BCUT2D eigenvalue weighted by atomic mass is 10.0. The quantitative estimate of drug-likeness (QED) is 0.779. The molecule has 16 heavy (non-hydrogen) atoms. The molecule has 3 N–H and O–H groups in total. The van der Waals surface area contributed by atoms with Crippen LogP contribution in [0.15, 0.2) is 48.7 Å². The van der Waals surface area contributed by atoms with Gasteiger partial charge in [0.05, 0.1) is 5.92 Å². The molecule has 0 aromatic heterocycles. The first kappa shape index (κ1) is 10.6. The van der Waals surface area contributed by atoms with Crippen LogP contribution in [0, 0.1) is 5.92 Å². The molecule has 1 aromatic rings. The maximum atomic E-state index is 11.5. The molecule has 0 radical (unpaired) electrons. The molecule has 0 bridgehead atoms. The molecular formula is C13H14N2O. The highest BCUT2D eigenvalue weighted by Crippen LogP contribution is 2.19. The smallest absolute Gasteiger partial charge is 0.232 e. The summed E-state index contributed by atoms with van der Waals surface area (Å²) in [4.78, 5) is 11.5. The summed E-state index contributed by atoms with van der Waals surface area (Å²) < 4.78 is 0. The van der Waals surface area contributed by atoms with E-state index in [-0.39, 0.29) is 11.8 Å². The predicted octanol–water partition coefficient (Wildman–Crippen LogP) is 1.29. The Morgan fingerprint density at radius 1 is 1.25 bits per heavy atom. The fraction of sp³-hybridized carbons (Fsp3) is 0.154. The highest BCUT2D eigenvalue weighted by Gasteiger charge is 2.16. The van der Waals surface area contributed by atoms with Crippen LogP contribution in [0.5, 0.6) is 0 Å². The molecule has 0 spiro atoms. The van der Waals surface area contributed by atoms with Gasteiger partial charge in [-0.05, 0) is 17.2 Å². The Hall–Kier alpha value is -1.87. The van der Waals surface area contributed by atoms with E-state index in [2.05, 4.69) is 5.32 Å². The average Bonchev–Trinajstić information content (AvgIpc) is 2.52. The number of benzene rings is 1. The molecule has 3 nitrogen and oxygen atoms in total. The molecule has 1 amide bonds. The van der Waals surface area contributed by atoms with Crippen LogP contribution in [0.3, 0.4) is 0 Å². The lowest BCUT2D eigenvalue weighted by Gasteiger charge is -2.07. The van der Waals surface area contributed by atoms with Gasteiger partial charge in [-0.3, -0.25) is 4.79 Å². The molecule has 1 aliphatic heterocycles. The number of nitrogens with one attached hydrogen (secondary N) is 1. The van der Waals surface area contributed by atoms with Crippen molar-refractivity contribution in [2.45, 2.75) is 0 Å². The second-order valence-electron chi connectivity index (χ2n) is 3.67. The molecule has 0 fully saturated rings. The molecule has 0 saturated heterocycles. The summed E-state index contributed by atoms with van der Waals surface area (Å²) in [5.41, 5.74) is 7.68. The van der Waals surface area contributed by atoms with E-state index in [1.165, 1.54) is 0 Å². The van der Waals surface area contributed by atoms with Gasteiger partial charge in [0.1, 0.15) is 0 Å². The monoisotopic (exact) mass is 214 g/mol. The van der Waals surface area contributed by atoms with Crippen molar-refractivity contribution in [3.63, 3.8) is 0 Å². The van der Waals surface area contributed by atoms with E-state index >= 15 is 0 Å². The van der Waals surface area contributed by atoms with Crippen LogP contribution in [0.2, 0.25) is 0 Å². The van der Waals surface area contributed by atoms with E-state index in [1.54, 1.807) is 6.20 Å². The summed E-state index contributed by atoms with van der Waals surface area (Å²) in [5.74, 6) is -0.310. The number of nitrogens with two attached hydrogens (primary N) is 1. The molecule has 0 saturated carbocycles. The number of allylic oxidation sites excluding steroid dienone is 2. The van der Waals surface area contributed by atoms with Gasteiger partial charge < -0.3 is 11.1 Å². The molecule has 1 heterocycles. The summed E-state index contributed by atoms with van der Waals surface area (Å²) in [6, 6.07) is 9.94. The topological polar surface area (TPSA) is 55.1 Å². The zero-order chi connectivity index (χ0) is 11.4. The van der Waals surface area contributed by atoms with Crippen molar-refractivity contribution in [2.75, 3.05) is 6.54 Å². The fourth-order valence-electron chi connectivity index (χ4n) is 1.67. The second-order valence-corrected chi connectivity index (χ2v) is 3.67. The molecule has 82 valence electrons. The fourth-order valence-corrected chi connectivity index (χ4v) is 1.67. The maximum Gasteiger partial charge on any atom is 0.232 e. The number of rotatable bonds is 2. The third-order valence-electron chi connectivity index (χ3n) is 2.57. The third kappa shape index (κ3) is 2.20. The van der Waals surface area contributed by atoms with Gasteiger partial charge >= 0.3 is 0 Å². The van der Waals surface area contributed by atoms with Crippen molar-refractivity contribution < 1.29 is 4.79 Å². The van der Waals surface area contributed by atoms with Crippen molar-refractivity contribution in [3.05, 3.63) is 54.2 Å². The Morgan fingerprint density at radius 3 is 2.69 bits per heavy atom. The van der Waals surface area contributed by atoms with E-state index in [9.17, 15) is 4.79 Å². The van der Waals surface area contributed by atoms with Gasteiger partial charge in [0.25, 0.3) is 0 Å². The first-order valence-electron chi connectivity index (χ1n) is 5.25. The number of carbonyl (C=O) groups excluding carboxylic acids is 1. The molecule has 3 heteroatoms. The summed E-state index contributed by atoms with van der Waals surface area (Å²) in [7, 11) is 0. The number of hydrogen-bond acceptors (Lipinski definition) is 2. The van der Waals surface area contributed by atoms with Crippen LogP contribution < -0.4 is 11.1 Å². The van der Waals surface area contributed by atoms with Crippen LogP contribution in [-0.4, -0.2) is 12.5 Å². The zero-order valence-corrected chi connectivity index (χ0v) is 8.89. The zero-order valence-electron chi connectivity index (χ0n) is 8.89. The maximum absolute atomic E-state index is 11.5. The van der Waals surface area contributed by atoms with E-state index in [0.29, 0.717) is 6.54 Å². The van der Waals surface area contributed by atoms with Crippen molar-refractivity contribution >= 4 is 11.5 Å². The number of carbonyl (C=O) groups is 1. The largest absolute Gasteiger partial charge is 0.332 e. The van der Waals surface area contributed by atoms with Crippen LogP contribution in [0.4, 0.5) is 0 Å². The Morgan fingerprint density at radius 2 is 2.00 bits per heavy atom. The SMILES string of the molecule is NCC1C=C(c2ccccc2)C=CNC1=O. The lowest BCUT2D eigenvalue weighted by molar-refractivity contribution is -0.122. The van der Waals surface area contributed by atoms with Crippen LogP contribution in [0.25, 0.3) is 5.57 Å². The minimum atomic E-state index is -0.259. The minimum Gasteiger partial charge on any atom is -0.332 e. The highest BCUT2D eigenvalue weighted by molar-refractivity contribution is 5.87. The molecule has 1 aliphatic rings. The summed E-state index contributed by atoms with van der Waals surface area (Å²) in [6.45, 7) is 0.323. The van der Waals surface area contributed by atoms with Crippen LogP contribution >= 0.6 is 0 Å². The van der Waals surface area contributed by atoms with E-state index in [1.807, 2.05) is 42.5 Å². The van der Waals surface area contributed by atoms with Crippen molar-refractivity contribution in [1.82, 2.24) is 5.32 Å². The molecular weight excluding hydrogens is 200 g/mol. The highest BCUT2D eigenvalue weighted by atomic mass is 16.1. The Kier molecular flexibility index (Phi) is 3.17.